The normalized spacial score (nSPS) is 21.5. The second kappa shape index (κ2) is 3.92. The molecule has 0 saturated heterocycles. The van der Waals surface area contributed by atoms with Crippen LogP contribution in [0.1, 0.15) is 26.2 Å². The van der Waals surface area contributed by atoms with Crippen molar-refractivity contribution in [2.75, 3.05) is 7.11 Å². The average Bonchev–Trinajstić information content (AvgIpc) is 2.93. The molecule has 0 spiro atoms. The number of allylic oxidation sites excluding steroid dienone is 1. The first-order valence-corrected chi connectivity index (χ1v) is 4.60. The first-order valence-electron chi connectivity index (χ1n) is 4.60. The Kier molecular flexibility index (Phi) is 3.09. The van der Waals surface area contributed by atoms with Crippen molar-refractivity contribution in [3.63, 3.8) is 0 Å². The van der Waals surface area contributed by atoms with E-state index in [2.05, 4.69) is 4.74 Å². The lowest BCUT2D eigenvalue weighted by atomic mass is 9.98. The zero-order chi connectivity index (χ0) is 9.90. The van der Waals surface area contributed by atoms with Crippen LogP contribution in [0.5, 0.6) is 0 Å². The van der Waals surface area contributed by atoms with Gasteiger partial charge in [0, 0.05) is 5.41 Å². The minimum absolute atomic E-state index is 0.316. The SMILES string of the molecule is CC/C=C/C1(C(O)C(=O)OC)CC1. The number of methoxy groups -OCH3 is 1. The van der Waals surface area contributed by atoms with Gasteiger partial charge in [0.1, 0.15) is 0 Å². The highest BCUT2D eigenvalue weighted by atomic mass is 16.5. The molecule has 0 heterocycles. The Balaban J connectivity index is 2.59. The molecule has 13 heavy (non-hydrogen) atoms. The van der Waals surface area contributed by atoms with Crippen LogP contribution in [-0.2, 0) is 9.53 Å². The Labute approximate surface area is 78.4 Å². The number of rotatable bonds is 4. The lowest BCUT2D eigenvalue weighted by molar-refractivity contribution is -0.153. The van der Waals surface area contributed by atoms with Crippen LogP contribution in [0.3, 0.4) is 0 Å². The molecule has 1 atom stereocenters. The maximum atomic E-state index is 11.1. The van der Waals surface area contributed by atoms with Gasteiger partial charge in [0.15, 0.2) is 6.10 Å². The first-order chi connectivity index (χ1) is 6.16. The maximum absolute atomic E-state index is 11.1. The van der Waals surface area contributed by atoms with Gasteiger partial charge in [-0.3, -0.25) is 0 Å². The van der Waals surface area contributed by atoms with Crippen LogP contribution < -0.4 is 0 Å². The van der Waals surface area contributed by atoms with Crippen molar-refractivity contribution < 1.29 is 14.6 Å². The van der Waals surface area contributed by atoms with Gasteiger partial charge in [-0.2, -0.15) is 0 Å². The molecule has 0 amide bonds. The Hall–Kier alpha value is -0.830. The van der Waals surface area contributed by atoms with Gasteiger partial charge < -0.3 is 9.84 Å². The van der Waals surface area contributed by atoms with Crippen LogP contribution in [0.15, 0.2) is 12.2 Å². The molecule has 1 rings (SSSR count). The summed E-state index contributed by atoms with van der Waals surface area (Å²) in [4.78, 5) is 11.1. The summed E-state index contributed by atoms with van der Waals surface area (Å²) in [5.74, 6) is -0.529. The number of hydrogen-bond donors (Lipinski definition) is 1. The van der Waals surface area contributed by atoms with E-state index >= 15 is 0 Å². The molecule has 1 unspecified atom stereocenters. The third-order valence-electron chi connectivity index (χ3n) is 2.48. The number of esters is 1. The van der Waals surface area contributed by atoms with Crippen molar-refractivity contribution in [1.82, 2.24) is 0 Å². The number of aliphatic hydroxyl groups is 1. The molecule has 1 aliphatic rings. The Morgan fingerprint density at radius 2 is 2.31 bits per heavy atom. The lowest BCUT2D eigenvalue weighted by Crippen LogP contribution is -2.30. The molecule has 0 bridgehead atoms. The molecule has 0 aliphatic heterocycles. The fourth-order valence-corrected chi connectivity index (χ4v) is 1.37. The minimum Gasteiger partial charge on any atom is -0.467 e. The van der Waals surface area contributed by atoms with Gasteiger partial charge in [0.2, 0.25) is 0 Å². The summed E-state index contributed by atoms with van der Waals surface area (Å²) < 4.78 is 4.50. The van der Waals surface area contributed by atoms with Gasteiger partial charge in [-0.25, -0.2) is 4.79 Å². The summed E-state index contributed by atoms with van der Waals surface area (Å²) >= 11 is 0. The number of ether oxygens (including phenoxy) is 1. The molecule has 0 aromatic heterocycles. The predicted octanol–water partition coefficient (Wildman–Crippen LogP) is 1.27. The maximum Gasteiger partial charge on any atom is 0.335 e. The third kappa shape index (κ3) is 2.10. The van der Waals surface area contributed by atoms with Crippen molar-refractivity contribution >= 4 is 5.97 Å². The molecule has 3 heteroatoms. The molecule has 0 aromatic rings. The van der Waals surface area contributed by atoms with Crippen LogP contribution in [0.4, 0.5) is 0 Å². The molecule has 1 saturated carbocycles. The second-order valence-electron chi connectivity index (χ2n) is 3.47. The van der Waals surface area contributed by atoms with Crippen LogP contribution in [0, 0.1) is 5.41 Å². The predicted molar refractivity (Wildman–Crippen MR) is 49.1 cm³/mol. The van der Waals surface area contributed by atoms with Crippen LogP contribution in [-0.4, -0.2) is 24.3 Å². The van der Waals surface area contributed by atoms with E-state index < -0.39 is 12.1 Å². The Bertz CT molecular complexity index is 216. The quantitative estimate of drug-likeness (QED) is 0.528. The zero-order valence-corrected chi connectivity index (χ0v) is 8.12. The molecule has 1 N–H and O–H groups in total. The smallest absolute Gasteiger partial charge is 0.335 e. The fraction of sp³-hybridized carbons (Fsp3) is 0.700. The van der Waals surface area contributed by atoms with E-state index in [1.807, 2.05) is 19.1 Å². The number of carbonyl (C=O) groups excluding carboxylic acids is 1. The summed E-state index contributed by atoms with van der Waals surface area (Å²) in [7, 11) is 1.30. The number of aliphatic hydroxyl groups excluding tert-OH is 1. The molecular formula is C10H16O3. The van der Waals surface area contributed by atoms with Crippen LogP contribution in [0.25, 0.3) is 0 Å². The van der Waals surface area contributed by atoms with Crippen LogP contribution >= 0.6 is 0 Å². The standard InChI is InChI=1S/C10H16O3/c1-3-4-5-10(6-7-10)8(11)9(12)13-2/h4-5,8,11H,3,6-7H2,1-2H3/b5-4+. The van der Waals surface area contributed by atoms with Crippen molar-refractivity contribution in [2.45, 2.75) is 32.3 Å². The van der Waals surface area contributed by atoms with Gasteiger partial charge in [-0.05, 0) is 19.3 Å². The summed E-state index contributed by atoms with van der Waals surface area (Å²) in [5, 5.41) is 9.61. The first kappa shape index (κ1) is 10.3. The molecule has 1 aliphatic carbocycles. The molecule has 0 aromatic carbocycles. The molecule has 3 nitrogen and oxygen atoms in total. The molecule has 74 valence electrons. The van der Waals surface area contributed by atoms with Gasteiger partial charge >= 0.3 is 5.97 Å². The number of hydrogen-bond acceptors (Lipinski definition) is 3. The summed E-state index contributed by atoms with van der Waals surface area (Å²) in [6.45, 7) is 2.02. The fourth-order valence-electron chi connectivity index (χ4n) is 1.37. The zero-order valence-electron chi connectivity index (χ0n) is 8.12. The highest BCUT2D eigenvalue weighted by molar-refractivity contribution is 5.76. The van der Waals surface area contributed by atoms with Crippen LogP contribution in [0.2, 0.25) is 0 Å². The average molecular weight is 184 g/mol. The van der Waals surface area contributed by atoms with E-state index in [0.29, 0.717) is 0 Å². The third-order valence-corrected chi connectivity index (χ3v) is 2.48. The largest absolute Gasteiger partial charge is 0.467 e. The molecule has 0 radical (unpaired) electrons. The van der Waals surface area contributed by atoms with E-state index in [-0.39, 0.29) is 5.41 Å². The van der Waals surface area contributed by atoms with E-state index in [1.165, 1.54) is 7.11 Å². The highest BCUT2D eigenvalue weighted by Gasteiger charge is 2.50. The van der Waals surface area contributed by atoms with Gasteiger partial charge in [0.05, 0.1) is 7.11 Å². The van der Waals surface area contributed by atoms with Crippen molar-refractivity contribution in [1.29, 1.82) is 0 Å². The summed E-state index contributed by atoms with van der Waals surface area (Å²) in [6.07, 6.45) is 5.61. The topological polar surface area (TPSA) is 46.5 Å². The monoisotopic (exact) mass is 184 g/mol. The van der Waals surface area contributed by atoms with Crippen molar-refractivity contribution in [2.24, 2.45) is 5.41 Å². The minimum atomic E-state index is -0.986. The summed E-state index contributed by atoms with van der Waals surface area (Å²) in [6, 6.07) is 0. The van der Waals surface area contributed by atoms with Gasteiger partial charge in [-0.1, -0.05) is 19.1 Å². The van der Waals surface area contributed by atoms with E-state index in [0.717, 1.165) is 19.3 Å². The van der Waals surface area contributed by atoms with Gasteiger partial charge in [-0.15, -0.1) is 0 Å². The second-order valence-corrected chi connectivity index (χ2v) is 3.47. The summed E-state index contributed by atoms with van der Waals surface area (Å²) in [5.41, 5.74) is -0.316. The highest BCUT2D eigenvalue weighted by Crippen LogP contribution is 2.50. The van der Waals surface area contributed by atoms with E-state index in [9.17, 15) is 9.90 Å². The Morgan fingerprint density at radius 1 is 1.69 bits per heavy atom. The van der Waals surface area contributed by atoms with E-state index in [4.69, 9.17) is 0 Å². The number of carbonyl (C=O) groups is 1. The van der Waals surface area contributed by atoms with Gasteiger partial charge in [0.25, 0.3) is 0 Å². The molecular weight excluding hydrogens is 168 g/mol. The molecule has 1 fully saturated rings. The lowest BCUT2D eigenvalue weighted by Gasteiger charge is -2.15. The Morgan fingerprint density at radius 3 is 2.69 bits per heavy atom. The van der Waals surface area contributed by atoms with Crippen molar-refractivity contribution in [3.8, 4) is 0 Å². The van der Waals surface area contributed by atoms with E-state index in [1.54, 1.807) is 0 Å². The van der Waals surface area contributed by atoms with Crippen molar-refractivity contribution in [3.05, 3.63) is 12.2 Å².